The molecule has 3 heterocycles. The molecule has 0 spiro atoms. The van der Waals surface area contributed by atoms with E-state index in [0.717, 1.165) is 59.4 Å². The molecule has 0 saturated heterocycles. The van der Waals surface area contributed by atoms with E-state index in [1.54, 1.807) is 37.4 Å². The van der Waals surface area contributed by atoms with Crippen molar-refractivity contribution >= 4 is 17.2 Å². The first-order valence-electron chi connectivity index (χ1n) is 12.3. The van der Waals surface area contributed by atoms with Crippen LogP contribution in [0.25, 0.3) is 28.0 Å². The first-order chi connectivity index (χ1) is 18.0. The van der Waals surface area contributed by atoms with Gasteiger partial charge >= 0.3 is 0 Å². The molecule has 1 aliphatic rings. The van der Waals surface area contributed by atoms with E-state index in [-0.39, 0.29) is 17.5 Å². The molecule has 3 aromatic carbocycles. The fraction of sp³-hybridized carbons (Fsp3) is 0.167. The number of nitrogens with one attached hydrogen (secondary N) is 1. The van der Waals surface area contributed by atoms with E-state index in [1.807, 2.05) is 28.8 Å². The number of amides is 1. The van der Waals surface area contributed by atoms with Crippen LogP contribution in [-0.4, -0.2) is 22.0 Å². The number of halogens is 2. The van der Waals surface area contributed by atoms with Crippen LogP contribution in [0, 0.1) is 11.6 Å². The molecule has 0 unspecified atom stereocenters. The number of anilines is 1. The van der Waals surface area contributed by atoms with Gasteiger partial charge in [-0.15, -0.1) is 0 Å². The molecular weight excluding hydrogens is 472 g/mol. The third kappa shape index (κ3) is 4.06. The van der Waals surface area contributed by atoms with Crippen molar-refractivity contribution in [3.8, 4) is 28.1 Å². The van der Waals surface area contributed by atoms with Gasteiger partial charge in [0.1, 0.15) is 28.7 Å². The average molecular weight is 498 g/mol. The van der Waals surface area contributed by atoms with Crippen molar-refractivity contribution in [2.75, 3.05) is 12.4 Å². The SMILES string of the molecule is COc1cccc(NC(=O)c2c(-c3ccc(F)cc3)c3c4n(c(-c5ccc(F)cc5)cn24)CCCC3)c1. The van der Waals surface area contributed by atoms with Crippen molar-refractivity contribution in [2.24, 2.45) is 0 Å². The number of methoxy groups -OCH3 is 1. The highest BCUT2D eigenvalue weighted by Crippen LogP contribution is 2.40. The maximum Gasteiger partial charge on any atom is 0.273 e. The van der Waals surface area contributed by atoms with Crippen LogP contribution in [0.3, 0.4) is 0 Å². The van der Waals surface area contributed by atoms with Gasteiger partial charge in [0, 0.05) is 35.6 Å². The van der Waals surface area contributed by atoms with Gasteiger partial charge in [0.25, 0.3) is 5.91 Å². The Labute approximate surface area is 212 Å². The Bertz CT molecular complexity index is 1620. The third-order valence-corrected chi connectivity index (χ3v) is 6.95. The Morgan fingerprint density at radius 1 is 0.919 bits per heavy atom. The zero-order valence-corrected chi connectivity index (χ0v) is 20.3. The summed E-state index contributed by atoms with van der Waals surface area (Å²) in [7, 11) is 1.58. The summed E-state index contributed by atoms with van der Waals surface area (Å²) >= 11 is 0. The quantitative estimate of drug-likeness (QED) is 0.286. The predicted octanol–water partition coefficient (Wildman–Crippen LogP) is 6.95. The molecule has 2 aromatic heterocycles. The Balaban J connectivity index is 1.59. The molecule has 0 radical (unpaired) electrons. The number of nitrogens with zero attached hydrogens (tertiary/aromatic N) is 2. The van der Waals surface area contributed by atoms with Gasteiger partial charge in [-0.1, -0.05) is 18.2 Å². The second-order valence-electron chi connectivity index (χ2n) is 9.22. The van der Waals surface area contributed by atoms with Gasteiger partial charge in [-0.05, 0) is 78.9 Å². The molecule has 1 amide bonds. The topological polar surface area (TPSA) is 47.7 Å². The van der Waals surface area contributed by atoms with Crippen LogP contribution < -0.4 is 10.1 Å². The highest BCUT2D eigenvalue weighted by molar-refractivity contribution is 6.10. The summed E-state index contributed by atoms with van der Waals surface area (Å²) in [6.45, 7) is 0.778. The van der Waals surface area contributed by atoms with Gasteiger partial charge in [0.15, 0.2) is 0 Å². The lowest BCUT2D eigenvalue weighted by Gasteiger charge is -2.11. The van der Waals surface area contributed by atoms with E-state index in [9.17, 15) is 13.6 Å². The van der Waals surface area contributed by atoms with Crippen molar-refractivity contribution in [1.29, 1.82) is 0 Å². The lowest BCUT2D eigenvalue weighted by atomic mass is 9.97. The van der Waals surface area contributed by atoms with E-state index in [4.69, 9.17) is 4.74 Å². The minimum absolute atomic E-state index is 0.280. The standard InChI is InChI=1S/C30H25F2N3O2/c1-37-24-6-4-5-23(17-24)33-29(36)28-27(20-10-14-22(32)15-11-20)25-7-2-3-16-34-26(18-35(28)30(25)34)19-8-12-21(31)13-9-19/h4-6,8-15,17-18H,2-3,7,16H2,1H3,(H,33,36). The number of hydrogen-bond acceptors (Lipinski definition) is 2. The number of carbonyl (C=O) groups is 1. The van der Waals surface area contributed by atoms with E-state index in [1.165, 1.54) is 24.3 Å². The number of aryl methyl sites for hydroxylation is 2. The van der Waals surface area contributed by atoms with Crippen LogP contribution in [0.2, 0.25) is 0 Å². The second kappa shape index (κ2) is 9.24. The van der Waals surface area contributed by atoms with Crippen molar-refractivity contribution < 1.29 is 18.3 Å². The first kappa shape index (κ1) is 23.0. The summed E-state index contributed by atoms with van der Waals surface area (Å²) in [6, 6.07) is 19.9. The molecule has 5 aromatic rings. The molecule has 186 valence electrons. The fourth-order valence-electron chi connectivity index (χ4n) is 5.28. The minimum Gasteiger partial charge on any atom is -0.497 e. The summed E-state index contributed by atoms with van der Waals surface area (Å²) in [5.41, 5.74) is 6.45. The summed E-state index contributed by atoms with van der Waals surface area (Å²) < 4.78 is 37.0. The van der Waals surface area contributed by atoms with Crippen LogP contribution in [0.1, 0.15) is 28.9 Å². The smallest absolute Gasteiger partial charge is 0.273 e. The second-order valence-corrected chi connectivity index (χ2v) is 9.22. The molecule has 6 rings (SSSR count). The van der Waals surface area contributed by atoms with Gasteiger partial charge in [-0.2, -0.15) is 0 Å². The normalized spacial score (nSPS) is 12.9. The zero-order valence-electron chi connectivity index (χ0n) is 20.3. The van der Waals surface area contributed by atoms with E-state index in [2.05, 4.69) is 9.88 Å². The number of carbonyl (C=O) groups excluding carboxylic acids is 1. The molecule has 0 aliphatic carbocycles. The lowest BCUT2D eigenvalue weighted by Crippen LogP contribution is -2.15. The summed E-state index contributed by atoms with van der Waals surface area (Å²) in [5.74, 6) is -0.270. The molecule has 7 heteroatoms. The third-order valence-electron chi connectivity index (χ3n) is 6.95. The molecule has 0 bridgehead atoms. The van der Waals surface area contributed by atoms with Crippen molar-refractivity contribution in [2.45, 2.75) is 25.8 Å². The Morgan fingerprint density at radius 3 is 2.32 bits per heavy atom. The van der Waals surface area contributed by atoms with Gasteiger partial charge in [0.2, 0.25) is 0 Å². The summed E-state index contributed by atoms with van der Waals surface area (Å²) in [6.07, 6.45) is 4.66. The first-order valence-corrected chi connectivity index (χ1v) is 12.3. The molecule has 1 aliphatic heterocycles. The highest BCUT2D eigenvalue weighted by atomic mass is 19.1. The van der Waals surface area contributed by atoms with Crippen molar-refractivity contribution in [3.05, 3.63) is 102 Å². The summed E-state index contributed by atoms with van der Waals surface area (Å²) in [4.78, 5) is 13.9. The van der Waals surface area contributed by atoms with Crippen LogP contribution in [0.15, 0.2) is 79.0 Å². The lowest BCUT2D eigenvalue weighted by molar-refractivity contribution is 0.102. The highest BCUT2D eigenvalue weighted by Gasteiger charge is 2.29. The van der Waals surface area contributed by atoms with Crippen molar-refractivity contribution in [3.63, 3.8) is 0 Å². The van der Waals surface area contributed by atoms with Crippen molar-refractivity contribution in [1.82, 2.24) is 8.97 Å². The maximum absolute atomic E-state index is 13.9. The minimum atomic E-state index is -0.330. The van der Waals surface area contributed by atoms with Gasteiger partial charge in [-0.3, -0.25) is 9.20 Å². The zero-order chi connectivity index (χ0) is 25.5. The maximum atomic E-state index is 13.9. The number of ether oxygens (including phenoxy) is 1. The molecule has 5 nitrogen and oxygen atoms in total. The van der Waals surface area contributed by atoms with Gasteiger partial charge in [0.05, 0.1) is 12.8 Å². The van der Waals surface area contributed by atoms with Crippen LogP contribution in [0.4, 0.5) is 14.5 Å². The molecule has 0 fully saturated rings. The number of hydrogen-bond donors (Lipinski definition) is 1. The largest absolute Gasteiger partial charge is 0.497 e. The fourth-order valence-corrected chi connectivity index (χ4v) is 5.28. The average Bonchev–Trinajstić information content (AvgIpc) is 3.32. The van der Waals surface area contributed by atoms with Gasteiger partial charge < -0.3 is 14.6 Å². The number of benzene rings is 3. The Hall–Kier alpha value is -4.39. The van der Waals surface area contributed by atoms with E-state index in [0.29, 0.717) is 17.1 Å². The molecular formula is C30H25F2N3O2. The number of rotatable bonds is 5. The van der Waals surface area contributed by atoms with Crippen LogP contribution in [-0.2, 0) is 13.0 Å². The molecule has 0 saturated carbocycles. The molecule has 1 N–H and O–H groups in total. The Kier molecular flexibility index (Phi) is 5.75. The molecule has 0 atom stereocenters. The van der Waals surface area contributed by atoms with E-state index < -0.39 is 0 Å². The number of aromatic nitrogens is 2. The molecule has 37 heavy (non-hydrogen) atoms. The van der Waals surface area contributed by atoms with E-state index >= 15 is 0 Å². The number of imidazole rings is 1. The van der Waals surface area contributed by atoms with Gasteiger partial charge in [-0.25, -0.2) is 8.78 Å². The summed E-state index contributed by atoms with van der Waals surface area (Å²) in [5, 5.41) is 3.02. The predicted molar refractivity (Wildman–Crippen MR) is 140 cm³/mol. The monoisotopic (exact) mass is 497 g/mol. The van der Waals surface area contributed by atoms with Crippen LogP contribution >= 0.6 is 0 Å². The Morgan fingerprint density at radius 2 is 1.62 bits per heavy atom. The van der Waals surface area contributed by atoms with Crippen LogP contribution in [0.5, 0.6) is 5.75 Å².